The maximum Gasteiger partial charge on any atom is 0.236 e. The molecule has 2 N–H and O–H groups in total. The van der Waals surface area contributed by atoms with Crippen molar-refractivity contribution in [3.63, 3.8) is 0 Å². The number of hydrogen-bond donors (Lipinski definition) is 1. The Bertz CT molecular complexity index is 295. The molecule has 0 radical (unpaired) electrons. The van der Waals surface area contributed by atoms with Gasteiger partial charge in [-0.25, -0.2) is 0 Å². The Labute approximate surface area is 110 Å². The zero-order valence-electron chi connectivity index (χ0n) is 11.8. The highest BCUT2D eigenvalue weighted by Crippen LogP contribution is 2.34. The first-order chi connectivity index (χ1) is 8.65. The minimum absolute atomic E-state index is 0.260. The number of likely N-dealkylation sites (N-methyl/N-ethyl adjacent to an activating group) is 1. The Hall–Kier alpha value is -0.610. The minimum atomic E-state index is 0.260. The maximum atomic E-state index is 11.8. The number of carbonyl (C=O) groups excluding carboxylic acids is 1. The number of nitrogens with two attached hydrogens (primary N) is 1. The molecule has 1 saturated heterocycles. The molecule has 1 amide bonds. The molecule has 3 atom stereocenters. The number of hydrogen-bond acceptors (Lipinski definition) is 3. The third-order valence-corrected chi connectivity index (χ3v) is 4.90. The summed E-state index contributed by atoms with van der Waals surface area (Å²) in [5.41, 5.74) is 5.93. The third kappa shape index (κ3) is 2.86. The quantitative estimate of drug-likeness (QED) is 0.813. The molecular weight excluding hydrogens is 226 g/mol. The van der Waals surface area contributed by atoms with E-state index in [1.165, 1.54) is 25.7 Å². The van der Waals surface area contributed by atoms with E-state index in [9.17, 15) is 4.79 Å². The fraction of sp³-hybridized carbons (Fsp3) is 0.929. The molecule has 4 nitrogen and oxygen atoms in total. The number of nitrogens with zero attached hydrogens (tertiary/aromatic N) is 2. The smallest absolute Gasteiger partial charge is 0.236 e. The Kier molecular flexibility index (Phi) is 4.62. The summed E-state index contributed by atoms with van der Waals surface area (Å²) in [6, 6.07) is 0.534. The van der Waals surface area contributed by atoms with E-state index in [4.69, 9.17) is 5.73 Å². The maximum absolute atomic E-state index is 11.8. The van der Waals surface area contributed by atoms with Gasteiger partial charge in [0, 0.05) is 26.2 Å². The Morgan fingerprint density at radius 2 is 2.11 bits per heavy atom. The highest BCUT2D eigenvalue weighted by Gasteiger charge is 2.35. The highest BCUT2D eigenvalue weighted by atomic mass is 16.2. The first-order valence-corrected chi connectivity index (χ1v) is 7.33. The molecule has 18 heavy (non-hydrogen) atoms. The van der Waals surface area contributed by atoms with Gasteiger partial charge in [0.25, 0.3) is 0 Å². The molecule has 104 valence electrons. The first-order valence-electron chi connectivity index (χ1n) is 7.33. The lowest BCUT2D eigenvalue weighted by molar-refractivity contribution is -0.136. The fourth-order valence-electron chi connectivity index (χ4n) is 3.45. The topological polar surface area (TPSA) is 49.6 Å². The molecule has 1 aliphatic heterocycles. The van der Waals surface area contributed by atoms with Crippen LogP contribution in [0.1, 0.15) is 32.6 Å². The Morgan fingerprint density at radius 3 is 2.72 bits per heavy atom. The summed E-state index contributed by atoms with van der Waals surface area (Å²) in [6.45, 7) is 5.51. The zero-order chi connectivity index (χ0) is 13.1. The van der Waals surface area contributed by atoms with Crippen LogP contribution in [-0.4, -0.2) is 55.0 Å². The lowest BCUT2D eigenvalue weighted by Crippen LogP contribution is -2.56. The highest BCUT2D eigenvalue weighted by molar-refractivity contribution is 5.78. The molecule has 0 aromatic heterocycles. The predicted molar refractivity (Wildman–Crippen MR) is 73.2 cm³/mol. The average molecular weight is 253 g/mol. The van der Waals surface area contributed by atoms with Gasteiger partial charge in [0.05, 0.1) is 6.54 Å². The van der Waals surface area contributed by atoms with Crippen molar-refractivity contribution in [3.05, 3.63) is 0 Å². The average Bonchev–Trinajstić information content (AvgIpc) is 2.41. The van der Waals surface area contributed by atoms with Crippen LogP contribution in [0.15, 0.2) is 0 Å². The molecule has 0 aromatic carbocycles. The third-order valence-electron chi connectivity index (χ3n) is 4.90. The van der Waals surface area contributed by atoms with Crippen LogP contribution in [0.3, 0.4) is 0 Å². The van der Waals surface area contributed by atoms with Gasteiger partial charge in [0.2, 0.25) is 5.91 Å². The molecule has 0 spiro atoms. The molecule has 1 saturated carbocycles. The zero-order valence-corrected chi connectivity index (χ0v) is 11.8. The number of carbonyl (C=O) groups is 1. The van der Waals surface area contributed by atoms with Crippen LogP contribution >= 0.6 is 0 Å². The lowest BCUT2D eigenvalue weighted by Gasteiger charge is -2.44. The van der Waals surface area contributed by atoms with Crippen LogP contribution in [0.25, 0.3) is 0 Å². The molecule has 2 fully saturated rings. The van der Waals surface area contributed by atoms with Gasteiger partial charge in [-0.1, -0.05) is 19.8 Å². The van der Waals surface area contributed by atoms with Crippen molar-refractivity contribution in [2.24, 2.45) is 17.6 Å². The summed E-state index contributed by atoms with van der Waals surface area (Å²) < 4.78 is 0. The predicted octanol–water partition coefficient (Wildman–Crippen LogP) is 0.914. The fourth-order valence-corrected chi connectivity index (χ4v) is 3.45. The minimum Gasteiger partial charge on any atom is -0.343 e. The second kappa shape index (κ2) is 6.02. The van der Waals surface area contributed by atoms with Gasteiger partial charge >= 0.3 is 0 Å². The van der Waals surface area contributed by atoms with Crippen molar-refractivity contribution < 1.29 is 4.79 Å². The number of rotatable bonds is 3. The number of amides is 1. The molecule has 2 aliphatic rings. The molecule has 4 heteroatoms. The largest absolute Gasteiger partial charge is 0.343 e. The first kappa shape index (κ1) is 13.8. The van der Waals surface area contributed by atoms with Gasteiger partial charge in [-0.15, -0.1) is 0 Å². The molecule has 1 heterocycles. The molecule has 1 aliphatic carbocycles. The molecule has 0 aromatic rings. The Balaban J connectivity index is 2.01. The van der Waals surface area contributed by atoms with E-state index in [2.05, 4.69) is 11.8 Å². The van der Waals surface area contributed by atoms with Gasteiger partial charge < -0.3 is 10.6 Å². The van der Waals surface area contributed by atoms with E-state index in [0.29, 0.717) is 18.5 Å². The van der Waals surface area contributed by atoms with Crippen molar-refractivity contribution in [3.8, 4) is 0 Å². The van der Waals surface area contributed by atoms with Gasteiger partial charge in [0.1, 0.15) is 0 Å². The second-order valence-corrected chi connectivity index (χ2v) is 5.94. The summed E-state index contributed by atoms with van der Waals surface area (Å²) in [7, 11) is 1.90. The van der Waals surface area contributed by atoms with Crippen molar-refractivity contribution in [1.29, 1.82) is 0 Å². The van der Waals surface area contributed by atoms with Gasteiger partial charge in [-0.3, -0.25) is 9.69 Å². The summed E-state index contributed by atoms with van der Waals surface area (Å²) in [5, 5.41) is 0. The number of piperazine rings is 1. The van der Waals surface area contributed by atoms with E-state index in [1.54, 1.807) is 0 Å². The summed E-state index contributed by atoms with van der Waals surface area (Å²) in [5.74, 6) is 1.67. The van der Waals surface area contributed by atoms with Crippen LogP contribution in [0.5, 0.6) is 0 Å². The van der Waals surface area contributed by atoms with Crippen LogP contribution in [0.2, 0.25) is 0 Å². The van der Waals surface area contributed by atoms with Crippen LogP contribution in [-0.2, 0) is 4.79 Å². The molecule has 0 bridgehead atoms. The molecule has 2 rings (SSSR count). The summed E-state index contributed by atoms with van der Waals surface area (Å²) >= 11 is 0. The SMILES string of the molecule is CCC1CCC(CN)C(N2CCN(C)C(=O)C2)C1. The van der Waals surface area contributed by atoms with Gasteiger partial charge in [-0.05, 0) is 31.2 Å². The van der Waals surface area contributed by atoms with Crippen LogP contribution < -0.4 is 5.73 Å². The van der Waals surface area contributed by atoms with Crippen molar-refractivity contribution in [2.45, 2.75) is 38.6 Å². The standard InChI is InChI=1S/C14H27N3O/c1-3-11-4-5-12(9-15)13(8-11)17-7-6-16(2)14(18)10-17/h11-13H,3-10,15H2,1-2H3. The van der Waals surface area contributed by atoms with Crippen LogP contribution in [0.4, 0.5) is 0 Å². The van der Waals surface area contributed by atoms with Crippen molar-refractivity contribution >= 4 is 5.91 Å². The molecule has 3 unspecified atom stereocenters. The van der Waals surface area contributed by atoms with E-state index < -0.39 is 0 Å². The van der Waals surface area contributed by atoms with Crippen LogP contribution in [0, 0.1) is 11.8 Å². The van der Waals surface area contributed by atoms with Crippen molar-refractivity contribution in [1.82, 2.24) is 9.80 Å². The van der Waals surface area contributed by atoms with E-state index in [1.807, 2.05) is 11.9 Å². The summed E-state index contributed by atoms with van der Waals surface area (Å²) in [4.78, 5) is 16.1. The lowest BCUT2D eigenvalue weighted by atomic mass is 9.76. The van der Waals surface area contributed by atoms with Gasteiger partial charge in [0.15, 0.2) is 0 Å². The molecular formula is C14H27N3O. The Morgan fingerprint density at radius 1 is 1.33 bits per heavy atom. The van der Waals surface area contributed by atoms with Crippen molar-refractivity contribution in [2.75, 3.05) is 33.2 Å². The van der Waals surface area contributed by atoms with E-state index >= 15 is 0 Å². The monoisotopic (exact) mass is 253 g/mol. The van der Waals surface area contributed by atoms with E-state index in [-0.39, 0.29) is 5.91 Å². The van der Waals surface area contributed by atoms with E-state index in [0.717, 1.165) is 25.6 Å². The summed E-state index contributed by atoms with van der Waals surface area (Å²) in [6.07, 6.45) is 5.04. The van der Waals surface area contributed by atoms with Gasteiger partial charge in [-0.2, -0.15) is 0 Å². The normalized spacial score (nSPS) is 34.9. The second-order valence-electron chi connectivity index (χ2n) is 5.94.